The van der Waals surface area contributed by atoms with Crippen molar-refractivity contribution in [3.05, 3.63) is 54.1 Å². The average Bonchev–Trinajstić information content (AvgIpc) is 2.60. The zero-order valence-electron chi connectivity index (χ0n) is 13.7. The number of azo groups is 1. The largest absolute Gasteiger partial charge is 0.506 e. The van der Waals surface area contributed by atoms with Crippen LogP contribution in [0.4, 0.5) is 24.5 Å². The van der Waals surface area contributed by atoms with Crippen molar-refractivity contribution in [2.75, 3.05) is 0 Å². The highest BCUT2D eigenvalue weighted by Gasteiger charge is 2.31. The van der Waals surface area contributed by atoms with Gasteiger partial charge in [-0.3, -0.25) is 4.55 Å². The SMILES string of the molecule is O=S(=O)(O)c1cccc2c(O)c(/N=N/c3ccc(C(F)(F)F)cc3O)ccc12. The van der Waals surface area contributed by atoms with E-state index >= 15 is 0 Å². The van der Waals surface area contributed by atoms with Gasteiger partial charge in [0.05, 0.1) is 5.56 Å². The molecule has 146 valence electrons. The molecule has 3 rings (SSSR count). The predicted molar refractivity (Wildman–Crippen MR) is 92.7 cm³/mol. The highest BCUT2D eigenvalue weighted by molar-refractivity contribution is 7.86. The maximum Gasteiger partial charge on any atom is 0.416 e. The second kappa shape index (κ2) is 6.77. The monoisotopic (exact) mass is 412 g/mol. The van der Waals surface area contributed by atoms with Crippen molar-refractivity contribution in [2.24, 2.45) is 10.2 Å². The van der Waals surface area contributed by atoms with Crippen LogP contribution in [-0.2, 0) is 16.3 Å². The van der Waals surface area contributed by atoms with Gasteiger partial charge in [-0.25, -0.2) is 0 Å². The number of fused-ring (bicyclic) bond motifs is 1. The Labute approximate surface area is 156 Å². The lowest BCUT2D eigenvalue weighted by Crippen LogP contribution is -2.03. The summed E-state index contributed by atoms with van der Waals surface area (Å²) in [5, 5.41) is 27.4. The summed E-state index contributed by atoms with van der Waals surface area (Å²) < 4.78 is 69.9. The summed E-state index contributed by atoms with van der Waals surface area (Å²) in [6.45, 7) is 0. The van der Waals surface area contributed by atoms with Crippen LogP contribution in [-0.4, -0.2) is 23.2 Å². The zero-order chi connectivity index (χ0) is 20.7. The molecule has 0 amide bonds. The standard InChI is InChI=1S/C17H11F3N2O5S/c18-17(19,20)9-4-6-12(14(23)8-9)21-22-13-7-5-10-11(16(13)24)2-1-3-15(10)28(25,26)27/h1-8,23-24H,(H,25,26,27)/b22-21+. The minimum atomic E-state index is -4.63. The molecule has 0 radical (unpaired) electrons. The number of alkyl halides is 3. The highest BCUT2D eigenvalue weighted by Crippen LogP contribution is 2.40. The first kappa shape index (κ1) is 19.6. The van der Waals surface area contributed by atoms with E-state index < -0.39 is 38.3 Å². The molecule has 0 saturated carbocycles. The number of phenols is 2. The third-order valence-corrected chi connectivity index (χ3v) is 4.73. The molecule has 0 atom stereocenters. The summed E-state index contributed by atoms with van der Waals surface area (Å²) >= 11 is 0. The minimum Gasteiger partial charge on any atom is -0.506 e. The Kier molecular flexibility index (Phi) is 4.73. The van der Waals surface area contributed by atoms with Gasteiger partial charge >= 0.3 is 6.18 Å². The lowest BCUT2D eigenvalue weighted by molar-refractivity contribution is -0.137. The van der Waals surface area contributed by atoms with Gasteiger partial charge in [-0.05, 0) is 30.3 Å². The average molecular weight is 412 g/mol. The van der Waals surface area contributed by atoms with Crippen molar-refractivity contribution in [2.45, 2.75) is 11.1 Å². The number of benzene rings is 3. The smallest absolute Gasteiger partial charge is 0.416 e. The Balaban J connectivity index is 2.03. The van der Waals surface area contributed by atoms with Crippen LogP contribution >= 0.6 is 0 Å². The van der Waals surface area contributed by atoms with E-state index in [1.807, 2.05) is 0 Å². The van der Waals surface area contributed by atoms with E-state index in [0.717, 1.165) is 12.1 Å². The molecule has 0 spiro atoms. The molecule has 0 unspecified atom stereocenters. The first-order valence-electron chi connectivity index (χ1n) is 7.52. The Morgan fingerprint density at radius 2 is 1.50 bits per heavy atom. The molecule has 3 aromatic carbocycles. The summed E-state index contributed by atoms with van der Waals surface area (Å²) in [5.41, 5.74) is -1.45. The van der Waals surface area contributed by atoms with Crippen molar-refractivity contribution in [3.8, 4) is 11.5 Å². The van der Waals surface area contributed by atoms with Crippen molar-refractivity contribution < 1.29 is 36.4 Å². The minimum absolute atomic E-state index is 0.0406. The molecule has 11 heteroatoms. The number of phenolic OH excluding ortho intramolecular Hbond substituents is 2. The molecule has 3 aromatic rings. The summed E-state index contributed by atoms with van der Waals surface area (Å²) in [6.07, 6.45) is -4.63. The van der Waals surface area contributed by atoms with Crippen molar-refractivity contribution in [1.29, 1.82) is 0 Å². The summed E-state index contributed by atoms with van der Waals surface area (Å²) in [7, 11) is -4.53. The van der Waals surface area contributed by atoms with Crippen LogP contribution in [0.25, 0.3) is 10.8 Å². The number of hydrogen-bond acceptors (Lipinski definition) is 6. The van der Waals surface area contributed by atoms with Gasteiger partial charge in [0, 0.05) is 10.8 Å². The quantitative estimate of drug-likeness (QED) is 0.416. The fourth-order valence-electron chi connectivity index (χ4n) is 2.50. The molecule has 3 N–H and O–H groups in total. The van der Waals surface area contributed by atoms with Crippen molar-refractivity contribution in [1.82, 2.24) is 0 Å². The summed E-state index contributed by atoms with van der Waals surface area (Å²) in [4.78, 5) is -0.413. The van der Waals surface area contributed by atoms with Gasteiger partial charge in [-0.2, -0.15) is 21.6 Å². The van der Waals surface area contributed by atoms with E-state index in [1.165, 1.54) is 24.3 Å². The lowest BCUT2D eigenvalue weighted by Gasteiger charge is -2.08. The number of aromatic hydroxyl groups is 2. The van der Waals surface area contributed by atoms with Crippen LogP contribution in [0.2, 0.25) is 0 Å². The van der Waals surface area contributed by atoms with Gasteiger partial charge in [0.2, 0.25) is 0 Å². The normalized spacial score (nSPS) is 12.7. The third kappa shape index (κ3) is 3.75. The van der Waals surface area contributed by atoms with Crippen LogP contribution in [0.1, 0.15) is 5.56 Å². The van der Waals surface area contributed by atoms with Gasteiger partial charge in [0.25, 0.3) is 10.1 Å². The molecule has 0 aliphatic carbocycles. The first-order chi connectivity index (χ1) is 13.0. The fourth-order valence-corrected chi connectivity index (χ4v) is 3.21. The van der Waals surface area contributed by atoms with E-state index in [9.17, 15) is 36.4 Å². The number of halogens is 3. The molecule has 28 heavy (non-hydrogen) atoms. The van der Waals surface area contributed by atoms with Crippen LogP contribution in [0.5, 0.6) is 11.5 Å². The van der Waals surface area contributed by atoms with Gasteiger partial charge < -0.3 is 10.2 Å². The van der Waals surface area contributed by atoms with Crippen molar-refractivity contribution >= 4 is 32.3 Å². The summed E-state index contributed by atoms with van der Waals surface area (Å²) in [6, 6.07) is 8.44. The van der Waals surface area contributed by atoms with Crippen LogP contribution in [0.15, 0.2) is 63.7 Å². The second-order valence-corrected chi connectivity index (χ2v) is 7.05. The number of rotatable bonds is 3. The van der Waals surface area contributed by atoms with Gasteiger partial charge in [-0.15, -0.1) is 10.2 Å². The van der Waals surface area contributed by atoms with Gasteiger partial charge in [0.15, 0.2) is 5.75 Å². The molecule has 0 aromatic heterocycles. The molecular formula is C17H11F3N2O5S. The van der Waals surface area contributed by atoms with E-state index in [-0.39, 0.29) is 22.1 Å². The molecule has 0 aliphatic rings. The van der Waals surface area contributed by atoms with E-state index in [4.69, 9.17) is 0 Å². The van der Waals surface area contributed by atoms with Gasteiger partial charge in [-0.1, -0.05) is 18.2 Å². The first-order valence-corrected chi connectivity index (χ1v) is 8.96. The van der Waals surface area contributed by atoms with E-state index in [2.05, 4.69) is 10.2 Å². The molecule has 0 fully saturated rings. The van der Waals surface area contributed by atoms with Crippen LogP contribution in [0.3, 0.4) is 0 Å². The number of nitrogens with zero attached hydrogens (tertiary/aromatic N) is 2. The predicted octanol–water partition coefficient (Wildman–Crippen LogP) is 4.93. The molecule has 0 saturated heterocycles. The topological polar surface area (TPSA) is 120 Å². The maximum atomic E-state index is 12.6. The van der Waals surface area contributed by atoms with E-state index in [0.29, 0.717) is 12.1 Å². The van der Waals surface area contributed by atoms with Gasteiger partial charge in [0.1, 0.15) is 22.0 Å². The lowest BCUT2D eigenvalue weighted by atomic mass is 10.1. The van der Waals surface area contributed by atoms with Crippen LogP contribution < -0.4 is 0 Å². The zero-order valence-corrected chi connectivity index (χ0v) is 14.5. The Hall–Kier alpha value is -3.18. The Morgan fingerprint density at radius 3 is 2.11 bits per heavy atom. The number of hydrogen-bond donors (Lipinski definition) is 3. The third-order valence-electron chi connectivity index (χ3n) is 3.82. The highest BCUT2D eigenvalue weighted by atomic mass is 32.2. The maximum absolute atomic E-state index is 12.6. The molecular weight excluding hydrogens is 401 g/mol. The summed E-state index contributed by atoms with van der Waals surface area (Å²) in [5.74, 6) is -1.22. The van der Waals surface area contributed by atoms with Crippen molar-refractivity contribution in [3.63, 3.8) is 0 Å². The molecule has 0 heterocycles. The molecule has 0 aliphatic heterocycles. The molecule has 7 nitrogen and oxygen atoms in total. The van der Waals surface area contributed by atoms with E-state index in [1.54, 1.807) is 0 Å². The second-order valence-electron chi connectivity index (χ2n) is 5.66. The van der Waals surface area contributed by atoms with Crippen LogP contribution in [0, 0.1) is 0 Å². The Morgan fingerprint density at radius 1 is 0.857 bits per heavy atom. The Bertz CT molecular complexity index is 1210. The molecule has 0 bridgehead atoms. The fraction of sp³-hybridized carbons (Fsp3) is 0.0588.